The zero-order valence-corrected chi connectivity index (χ0v) is 12.5. The maximum atomic E-state index is 12.4. The van der Waals surface area contributed by atoms with Gasteiger partial charge in [0.1, 0.15) is 4.90 Å². The summed E-state index contributed by atoms with van der Waals surface area (Å²) in [4.78, 5) is 0.193. The van der Waals surface area contributed by atoms with Crippen LogP contribution in [0, 0.1) is 13.8 Å². The molecule has 0 aliphatic carbocycles. The Kier molecular flexibility index (Phi) is 3.82. The van der Waals surface area contributed by atoms with Gasteiger partial charge in [-0.25, -0.2) is 13.1 Å². The highest BCUT2D eigenvalue weighted by Crippen LogP contribution is 2.23. The molecule has 0 aliphatic rings. The first-order valence-corrected chi connectivity index (χ1v) is 7.69. The number of aromatic amines is 1. The number of rotatable bonds is 4. The van der Waals surface area contributed by atoms with Crippen molar-refractivity contribution < 1.29 is 8.42 Å². The lowest BCUT2D eigenvalue weighted by molar-refractivity contribution is 0.566. The number of hydrogen-bond donors (Lipinski definition) is 3. The summed E-state index contributed by atoms with van der Waals surface area (Å²) in [6.07, 6.45) is 0. The van der Waals surface area contributed by atoms with Crippen molar-refractivity contribution in [3.05, 3.63) is 41.2 Å². The van der Waals surface area contributed by atoms with Crippen LogP contribution in [0.15, 0.2) is 29.2 Å². The third kappa shape index (κ3) is 2.68. The van der Waals surface area contributed by atoms with Gasteiger partial charge in [-0.1, -0.05) is 18.2 Å². The minimum Gasteiger partial charge on any atom is -0.398 e. The maximum Gasteiger partial charge on any atom is 0.244 e. The average molecular weight is 294 g/mol. The number of sulfonamides is 1. The van der Waals surface area contributed by atoms with Crippen LogP contribution in [0.4, 0.5) is 5.69 Å². The van der Waals surface area contributed by atoms with Gasteiger partial charge in [0.2, 0.25) is 10.0 Å². The largest absolute Gasteiger partial charge is 0.398 e. The number of H-pyrrole nitrogens is 1. The zero-order valence-electron chi connectivity index (χ0n) is 11.6. The van der Waals surface area contributed by atoms with E-state index in [1.807, 2.05) is 12.1 Å². The first kappa shape index (κ1) is 14.5. The van der Waals surface area contributed by atoms with E-state index in [2.05, 4.69) is 14.9 Å². The van der Waals surface area contributed by atoms with Crippen LogP contribution in [0.5, 0.6) is 0 Å². The van der Waals surface area contributed by atoms with E-state index >= 15 is 0 Å². The van der Waals surface area contributed by atoms with Crippen LogP contribution in [0.3, 0.4) is 0 Å². The minimum absolute atomic E-state index is 0.193. The number of aryl methyl sites for hydroxylation is 2. The van der Waals surface area contributed by atoms with Gasteiger partial charge >= 0.3 is 0 Å². The molecule has 1 atom stereocenters. The number of nitrogen functional groups attached to an aromatic ring is 1. The smallest absolute Gasteiger partial charge is 0.244 e. The zero-order chi connectivity index (χ0) is 14.9. The Labute approximate surface area is 118 Å². The van der Waals surface area contributed by atoms with Gasteiger partial charge in [-0.05, 0) is 32.4 Å². The molecule has 0 saturated heterocycles. The molecule has 20 heavy (non-hydrogen) atoms. The van der Waals surface area contributed by atoms with Crippen LogP contribution in [0.1, 0.15) is 29.9 Å². The van der Waals surface area contributed by atoms with E-state index in [0.717, 1.165) is 5.56 Å². The summed E-state index contributed by atoms with van der Waals surface area (Å²) in [5, 5.41) is 6.58. The number of anilines is 1. The fourth-order valence-corrected chi connectivity index (χ4v) is 3.79. The number of nitrogens with zero attached hydrogens (tertiary/aromatic N) is 1. The number of aromatic nitrogens is 2. The molecule has 0 spiro atoms. The van der Waals surface area contributed by atoms with Crippen LogP contribution in [0.25, 0.3) is 0 Å². The molecule has 0 amide bonds. The van der Waals surface area contributed by atoms with Crippen molar-refractivity contribution in [2.45, 2.75) is 31.7 Å². The normalized spacial score (nSPS) is 13.3. The van der Waals surface area contributed by atoms with Gasteiger partial charge in [-0.3, -0.25) is 5.10 Å². The SMILES string of the molecule is Cc1n[nH]c(C)c1S(=O)(=O)NC(C)c1ccccc1N. The lowest BCUT2D eigenvalue weighted by Gasteiger charge is -2.16. The molecule has 1 heterocycles. The summed E-state index contributed by atoms with van der Waals surface area (Å²) in [6.45, 7) is 5.09. The Balaban J connectivity index is 2.32. The van der Waals surface area contributed by atoms with Crippen molar-refractivity contribution in [1.29, 1.82) is 0 Å². The topological polar surface area (TPSA) is 101 Å². The van der Waals surface area contributed by atoms with Crippen LogP contribution in [-0.4, -0.2) is 18.6 Å². The van der Waals surface area contributed by atoms with Crippen LogP contribution in [0.2, 0.25) is 0 Å². The third-order valence-corrected chi connectivity index (χ3v) is 4.93. The Morgan fingerprint density at radius 1 is 1.30 bits per heavy atom. The Bertz CT molecular complexity index is 702. The Morgan fingerprint density at radius 3 is 2.50 bits per heavy atom. The van der Waals surface area contributed by atoms with Crippen LogP contribution in [-0.2, 0) is 10.0 Å². The van der Waals surface area contributed by atoms with Crippen LogP contribution >= 0.6 is 0 Å². The summed E-state index contributed by atoms with van der Waals surface area (Å²) in [5.41, 5.74) is 8.13. The molecule has 0 bridgehead atoms. The average Bonchev–Trinajstić information content (AvgIpc) is 2.69. The van der Waals surface area contributed by atoms with Gasteiger partial charge in [0.15, 0.2) is 0 Å². The molecular formula is C13H18N4O2S. The van der Waals surface area contributed by atoms with E-state index in [4.69, 9.17) is 5.73 Å². The molecule has 0 saturated carbocycles. The van der Waals surface area contributed by atoms with E-state index in [0.29, 0.717) is 17.1 Å². The maximum absolute atomic E-state index is 12.4. The van der Waals surface area contributed by atoms with Crippen molar-refractivity contribution in [3.8, 4) is 0 Å². The first-order valence-electron chi connectivity index (χ1n) is 6.21. The molecule has 1 unspecified atom stereocenters. The lowest BCUT2D eigenvalue weighted by atomic mass is 10.1. The molecular weight excluding hydrogens is 276 g/mol. The van der Waals surface area contributed by atoms with Gasteiger partial charge < -0.3 is 5.73 Å². The highest BCUT2D eigenvalue weighted by atomic mass is 32.2. The molecule has 2 rings (SSSR count). The fraction of sp³-hybridized carbons (Fsp3) is 0.308. The van der Waals surface area contributed by atoms with E-state index < -0.39 is 16.1 Å². The number of para-hydroxylation sites is 1. The quantitative estimate of drug-likeness (QED) is 0.746. The second kappa shape index (κ2) is 5.26. The Morgan fingerprint density at radius 2 is 1.95 bits per heavy atom. The molecule has 2 aromatic rings. The van der Waals surface area contributed by atoms with Crippen molar-refractivity contribution in [1.82, 2.24) is 14.9 Å². The van der Waals surface area contributed by atoms with E-state index in [1.165, 1.54) is 0 Å². The van der Waals surface area contributed by atoms with Gasteiger partial charge in [-0.15, -0.1) is 0 Å². The summed E-state index contributed by atoms with van der Waals surface area (Å²) in [7, 11) is -3.64. The number of nitrogens with one attached hydrogen (secondary N) is 2. The van der Waals surface area contributed by atoms with Crippen LogP contribution < -0.4 is 10.5 Å². The summed E-state index contributed by atoms with van der Waals surface area (Å²) in [5.74, 6) is 0. The molecule has 1 aromatic heterocycles. The predicted molar refractivity (Wildman–Crippen MR) is 77.7 cm³/mol. The lowest BCUT2D eigenvalue weighted by Crippen LogP contribution is -2.28. The standard InChI is InChI=1S/C13H18N4O2S/c1-8(11-6-4-5-7-12(11)14)17-20(18,19)13-9(2)15-16-10(13)3/h4-8,17H,14H2,1-3H3,(H,15,16). The Hall–Kier alpha value is -1.86. The summed E-state index contributed by atoms with van der Waals surface area (Å²) < 4.78 is 27.5. The molecule has 7 heteroatoms. The highest BCUT2D eigenvalue weighted by molar-refractivity contribution is 7.89. The molecule has 0 aliphatic heterocycles. The van der Waals surface area contributed by atoms with Crippen molar-refractivity contribution in [3.63, 3.8) is 0 Å². The van der Waals surface area contributed by atoms with Crippen molar-refractivity contribution in [2.24, 2.45) is 0 Å². The van der Waals surface area contributed by atoms with E-state index in [-0.39, 0.29) is 4.90 Å². The molecule has 4 N–H and O–H groups in total. The summed E-state index contributed by atoms with van der Waals surface area (Å²) >= 11 is 0. The van der Waals surface area contributed by atoms with Gasteiger partial charge in [-0.2, -0.15) is 5.10 Å². The molecule has 1 aromatic carbocycles. The van der Waals surface area contributed by atoms with Gasteiger partial charge in [0.25, 0.3) is 0 Å². The summed E-state index contributed by atoms with van der Waals surface area (Å²) in [6, 6.07) is 6.76. The molecule has 0 radical (unpaired) electrons. The predicted octanol–water partition coefficient (Wildman–Crippen LogP) is 1.65. The third-order valence-electron chi connectivity index (χ3n) is 3.12. The molecule has 108 valence electrons. The van der Waals surface area contributed by atoms with E-state index in [9.17, 15) is 8.42 Å². The van der Waals surface area contributed by atoms with Gasteiger partial charge in [0, 0.05) is 11.7 Å². The van der Waals surface area contributed by atoms with Crippen molar-refractivity contribution >= 4 is 15.7 Å². The number of benzene rings is 1. The number of hydrogen-bond acceptors (Lipinski definition) is 4. The number of nitrogens with two attached hydrogens (primary N) is 1. The first-order chi connectivity index (χ1) is 9.33. The van der Waals surface area contributed by atoms with Crippen molar-refractivity contribution in [2.75, 3.05) is 5.73 Å². The van der Waals surface area contributed by atoms with Gasteiger partial charge in [0.05, 0.1) is 11.4 Å². The minimum atomic E-state index is -3.64. The highest BCUT2D eigenvalue weighted by Gasteiger charge is 2.25. The monoisotopic (exact) mass is 294 g/mol. The second-order valence-electron chi connectivity index (χ2n) is 4.74. The molecule has 0 fully saturated rings. The molecule has 6 nitrogen and oxygen atoms in total. The fourth-order valence-electron chi connectivity index (χ4n) is 2.20. The van der Waals surface area contributed by atoms with E-state index in [1.54, 1.807) is 32.9 Å². The second-order valence-corrected chi connectivity index (χ2v) is 6.39.